The maximum atomic E-state index is 12.6. The molecule has 0 aliphatic carbocycles. The van der Waals surface area contributed by atoms with Crippen molar-refractivity contribution >= 4 is 13.8 Å². The highest BCUT2D eigenvalue weighted by Crippen LogP contribution is 2.43. The van der Waals surface area contributed by atoms with Gasteiger partial charge in [-0.2, -0.15) is 0 Å². The Hall–Kier alpha value is -1.28. The number of ether oxygens (including phenoxy) is 2. The minimum absolute atomic E-state index is 0.0977. The van der Waals surface area contributed by atoms with Gasteiger partial charge in [-0.1, -0.05) is 172 Å². The minimum Gasteiger partial charge on any atom is -0.457 e. The van der Waals surface area contributed by atoms with E-state index >= 15 is 0 Å². The molecule has 0 aromatic rings. The summed E-state index contributed by atoms with van der Waals surface area (Å²) in [5.41, 5.74) is 5.36. The maximum absolute atomic E-state index is 12.6. The third-order valence-corrected chi connectivity index (χ3v) is 9.81. The third-order valence-electron chi connectivity index (χ3n) is 8.82. The van der Waals surface area contributed by atoms with Crippen LogP contribution in [0.5, 0.6) is 0 Å². The summed E-state index contributed by atoms with van der Waals surface area (Å²) >= 11 is 0. The molecule has 51 heavy (non-hydrogen) atoms. The zero-order valence-electron chi connectivity index (χ0n) is 33.1. The molecule has 8 nitrogen and oxygen atoms in total. The summed E-state index contributed by atoms with van der Waals surface area (Å²) in [6.07, 6.45) is 44.4. The summed E-state index contributed by atoms with van der Waals surface area (Å²) in [6.45, 7) is 4.81. The molecule has 300 valence electrons. The van der Waals surface area contributed by atoms with Crippen molar-refractivity contribution in [2.45, 2.75) is 193 Å². The molecule has 0 bridgehead atoms. The summed E-state index contributed by atoms with van der Waals surface area (Å²) in [6, 6.07) is 0. The Bertz CT molecular complexity index is 879. The summed E-state index contributed by atoms with van der Waals surface area (Å²) in [7, 11) is -4.28. The second-order valence-electron chi connectivity index (χ2n) is 13.8. The number of esters is 1. The van der Waals surface area contributed by atoms with Gasteiger partial charge in [0.25, 0.3) is 0 Å². The van der Waals surface area contributed by atoms with Crippen molar-refractivity contribution in [1.29, 1.82) is 0 Å². The molecular formula is C42H80NO7P. The van der Waals surface area contributed by atoms with Crippen molar-refractivity contribution in [2.24, 2.45) is 5.73 Å². The fourth-order valence-electron chi connectivity index (χ4n) is 5.78. The highest BCUT2D eigenvalue weighted by Gasteiger charge is 2.25. The first-order valence-electron chi connectivity index (χ1n) is 21.0. The van der Waals surface area contributed by atoms with Gasteiger partial charge in [-0.3, -0.25) is 13.8 Å². The highest BCUT2D eigenvalue weighted by molar-refractivity contribution is 7.47. The van der Waals surface area contributed by atoms with Crippen LogP contribution in [0.4, 0.5) is 0 Å². The van der Waals surface area contributed by atoms with E-state index < -0.39 is 13.9 Å². The van der Waals surface area contributed by atoms with Crippen LogP contribution in [0, 0.1) is 0 Å². The van der Waals surface area contributed by atoms with Crippen LogP contribution in [0.1, 0.15) is 187 Å². The Labute approximate surface area is 314 Å². The Kier molecular flexibility index (Phi) is 38.9. The molecule has 2 atom stereocenters. The van der Waals surface area contributed by atoms with E-state index in [-0.39, 0.29) is 32.3 Å². The lowest BCUT2D eigenvalue weighted by Crippen LogP contribution is -2.28. The van der Waals surface area contributed by atoms with Crippen molar-refractivity contribution in [2.75, 3.05) is 33.0 Å². The predicted octanol–water partition coefficient (Wildman–Crippen LogP) is 12.2. The number of allylic oxidation sites excluding steroid dienone is 6. The molecule has 0 aromatic heterocycles. The smallest absolute Gasteiger partial charge is 0.457 e. The highest BCUT2D eigenvalue weighted by atomic mass is 31.2. The van der Waals surface area contributed by atoms with Gasteiger partial charge in [0.2, 0.25) is 0 Å². The first-order chi connectivity index (χ1) is 24.9. The van der Waals surface area contributed by atoms with E-state index in [0.717, 1.165) is 70.6 Å². The number of hydrogen-bond acceptors (Lipinski definition) is 7. The lowest BCUT2D eigenvalue weighted by Gasteiger charge is -2.20. The molecule has 0 spiro atoms. The first-order valence-corrected chi connectivity index (χ1v) is 22.5. The number of carbonyl (C=O) groups is 1. The van der Waals surface area contributed by atoms with Gasteiger partial charge < -0.3 is 20.1 Å². The molecule has 0 aromatic carbocycles. The molecule has 0 aliphatic heterocycles. The number of unbranched alkanes of at least 4 members (excludes halogenated alkanes) is 21. The number of nitrogens with two attached hydrogens (primary N) is 1. The Morgan fingerprint density at radius 3 is 1.65 bits per heavy atom. The van der Waals surface area contributed by atoms with Crippen molar-refractivity contribution < 1.29 is 32.8 Å². The van der Waals surface area contributed by atoms with Crippen LogP contribution in [-0.2, 0) is 27.9 Å². The van der Waals surface area contributed by atoms with E-state index in [9.17, 15) is 14.3 Å². The lowest BCUT2D eigenvalue weighted by molar-refractivity contribution is -0.154. The van der Waals surface area contributed by atoms with Gasteiger partial charge in [0.05, 0.1) is 19.8 Å². The quantitative estimate of drug-likeness (QED) is 0.0276. The molecule has 0 aliphatic rings. The van der Waals surface area contributed by atoms with Gasteiger partial charge in [-0.05, 0) is 44.9 Å². The van der Waals surface area contributed by atoms with Crippen molar-refractivity contribution in [3.8, 4) is 0 Å². The van der Waals surface area contributed by atoms with Gasteiger partial charge in [-0.25, -0.2) is 4.57 Å². The van der Waals surface area contributed by atoms with Gasteiger partial charge in [0, 0.05) is 19.6 Å². The topological polar surface area (TPSA) is 117 Å². The van der Waals surface area contributed by atoms with Gasteiger partial charge >= 0.3 is 13.8 Å². The molecule has 0 amide bonds. The van der Waals surface area contributed by atoms with Gasteiger partial charge in [-0.15, -0.1) is 0 Å². The van der Waals surface area contributed by atoms with E-state index in [1.165, 1.54) is 96.3 Å². The fourth-order valence-corrected chi connectivity index (χ4v) is 6.54. The normalized spacial score (nSPS) is 13.9. The van der Waals surface area contributed by atoms with E-state index in [4.69, 9.17) is 24.3 Å². The van der Waals surface area contributed by atoms with E-state index in [0.29, 0.717) is 13.0 Å². The van der Waals surface area contributed by atoms with Gasteiger partial charge in [0.15, 0.2) is 0 Å². The summed E-state index contributed by atoms with van der Waals surface area (Å²) in [5, 5.41) is 0. The average Bonchev–Trinajstić information content (AvgIpc) is 3.12. The Morgan fingerprint density at radius 2 is 1.10 bits per heavy atom. The number of phosphoric acid groups is 1. The summed E-state index contributed by atoms with van der Waals surface area (Å²) in [4.78, 5) is 22.4. The summed E-state index contributed by atoms with van der Waals surface area (Å²) in [5.74, 6) is -0.346. The van der Waals surface area contributed by atoms with Crippen LogP contribution in [0.3, 0.4) is 0 Å². The van der Waals surface area contributed by atoms with E-state index in [2.05, 4.69) is 50.3 Å². The Morgan fingerprint density at radius 1 is 0.608 bits per heavy atom. The molecule has 0 saturated carbocycles. The number of rotatable bonds is 40. The molecule has 0 rings (SSSR count). The predicted molar refractivity (Wildman–Crippen MR) is 215 cm³/mol. The number of phosphoric ester groups is 1. The SMILES string of the molecule is CC/C=C\C/C=C\C/C=C\CCCCCCCC(=O)OC(COCCCCCCCCCCCCCCCCCCC)COP(=O)(O)OCCN. The zero-order chi connectivity index (χ0) is 37.4. The number of hydrogen-bond donors (Lipinski definition) is 2. The molecule has 9 heteroatoms. The monoisotopic (exact) mass is 742 g/mol. The van der Waals surface area contributed by atoms with Crippen LogP contribution in [-0.4, -0.2) is 49.9 Å². The molecule has 0 radical (unpaired) electrons. The molecular weight excluding hydrogens is 661 g/mol. The lowest BCUT2D eigenvalue weighted by atomic mass is 10.0. The molecule has 2 unspecified atom stereocenters. The Balaban J connectivity index is 4.04. The van der Waals surface area contributed by atoms with Crippen LogP contribution < -0.4 is 5.73 Å². The average molecular weight is 742 g/mol. The first kappa shape index (κ1) is 49.7. The second kappa shape index (κ2) is 39.9. The third kappa shape index (κ3) is 39.8. The largest absolute Gasteiger partial charge is 0.472 e. The van der Waals surface area contributed by atoms with Crippen molar-refractivity contribution in [1.82, 2.24) is 0 Å². The standard InChI is InChI=1S/C42H80NO7P/c1-3-5-7-9-11-13-15-17-19-20-22-24-26-28-30-32-34-37-47-39-41(40-49-51(45,46)48-38-36-43)50-42(44)35-33-31-29-27-25-23-21-18-16-14-12-10-8-6-4-2/h6,8,12,14,18,21,41H,3-5,7,9-11,13,15-17,19-20,22-40,43H2,1-2H3,(H,45,46)/b8-6-,14-12-,21-18-. The zero-order valence-corrected chi connectivity index (χ0v) is 34.0. The second-order valence-corrected chi connectivity index (χ2v) is 15.3. The van der Waals surface area contributed by atoms with Crippen LogP contribution >= 0.6 is 7.82 Å². The minimum atomic E-state index is -4.28. The summed E-state index contributed by atoms with van der Waals surface area (Å²) < 4.78 is 33.4. The number of carbonyl (C=O) groups excluding carboxylic acids is 1. The fraction of sp³-hybridized carbons (Fsp3) is 0.833. The van der Waals surface area contributed by atoms with E-state index in [1.807, 2.05) is 0 Å². The molecule has 0 heterocycles. The van der Waals surface area contributed by atoms with Crippen LogP contribution in [0.15, 0.2) is 36.5 Å². The van der Waals surface area contributed by atoms with Crippen molar-refractivity contribution in [3.05, 3.63) is 36.5 Å². The maximum Gasteiger partial charge on any atom is 0.472 e. The van der Waals surface area contributed by atoms with Crippen LogP contribution in [0.2, 0.25) is 0 Å². The molecule has 0 fully saturated rings. The molecule has 3 N–H and O–H groups in total. The van der Waals surface area contributed by atoms with Crippen LogP contribution in [0.25, 0.3) is 0 Å². The van der Waals surface area contributed by atoms with E-state index in [1.54, 1.807) is 0 Å². The van der Waals surface area contributed by atoms with Gasteiger partial charge in [0.1, 0.15) is 6.10 Å². The van der Waals surface area contributed by atoms with Crippen molar-refractivity contribution in [3.63, 3.8) is 0 Å². The molecule has 0 saturated heterocycles.